The Labute approximate surface area is 143 Å². The Hall–Kier alpha value is -1.63. The van der Waals surface area contributed by atoms with Crippen LogP contribution < -0.4 is 4.80 Å². The van der Waals surface area contributed by atoms with Crippen LogP contribution >= 0.6 is 22.9 Å². The Kier molecular flexibility index (Phi) is 4.08. The minimum Gasteiger partial charge on any atom is -0.319 e. The van der Waals surface area contributed by atoms with Gasteiger partial charge in [-0.1, -0.05) is 29.0 Å². The lowest BCUT2D eigenvalue weighted by molar-refractivity contribution is 0.596. The van der Waals surface area contributed by atoms with Crippen molar-refractivity contribution in [1.29, 1.82) is 0 Å². The average Bonchev–Trinajstić information content (AvgIpc) is 2.77. The van der Waals surface area contributed by atoms with Gasteiger partial charge in [0.15, 0.2) is 0 Å². The number of hydrogen-bond donors (Lipinski definition) is 0. The van der Waals surface area contributed by atoms with E-state index in [0.29, 0.717) is 9.82 Å². The normalized spacial score (nSPS) is 13.0. The molecule has 0 saturated heterocycles. The van der Waals surface area contributed by atoms with E-state index in [1.165, 1.54) is 23.5 Å². The zero-order valence-corrected chi connectivity index (χ0v) is 15.3. The van der Waals surface area contributed by atoms with Gasteiger partial charge in [0.2, 0.25) is 4.80 Å². The molecule has 3 rings (SSSR count). The smallest absolute Gasteiger partial charge is 0.285 e. The van der Waals surface area contributed by atoms with Crippen molar-refractivity contribution in [2.75, 3.05) is 0 Å². The maximum atomic E-state index is 12.5. The van der Waals surface area contributed by atoms with Crippen molar-refractivity contribution in [3.8, 4) is 0 Å². The molecule has 0 amide bonds. The fraction of sp³-hybridized carbons (Fsp3) is 0.188. The Balaban J connectivity index is 2.23. The molecule has 1 aromatic heterocycles. The number of aromatic nitrogens is 1. The van der Waals surface area contributed by atoms with Gasteiger partial charge in [-0.15, -0.1) is 4.40 Å². The van der Waals surface area contributed by atoms with Crippen LogP contribution in [-0.4, -0.2) is 13.0 Å². The van der Waals surface area contributed by atoms with Crippen molar-refractivity contribution in [3.63, 3.8) is 0 Å². The minimum atomic E-state index is -3.77. The average molecular weight is 367 g/mol. The molecule has 0 bridgehead atoms. The summed E-state index contributed by atoms with van der Waals surface area (Å²) in [6.07, 6.45) is 0. The summed E-state index contributed by atoms with van der Waals surface area (Å²) in [6, 6.07) is 10.1. The van der Waals surface area contributed by atoms with Gasteiger partial charge >= 0.3 is 0 Å². The summed E-state index contributed by atoms with van der Waals surface area (Å²) < 4.78 is 31.8. The molecular formula is C16H15ClN2O2S2. The first-order valence-electron chi connectivity index (χ1n) is 6.91. The van der Waals surface area contributed by atoms with E-state index in [1.54, 1.807) is 12.1 Å². The van der Waals surface area contributed by atoms with Gasteiger partial charge in [-0.3, -0.25) is 0 Å². The van der Waals surface area contributed by atoms with Crippen molar-refractivity contribution in [2.45, 2.75) is 18.7 Å². The first kappa shape index (κ1) is 16.2. The first-order valence-corrected chi connectivity index (χ1v) is 9.55. The fourth-order valence-electron chi connectivity index (χ4n) is 2.42. The molecule has 2 aromatic carbocycles. The molecule has 23 heavy (non-hydrogen) atoms. The second-order valence-electron chi connectivity index (χ2n) is 5.39. The molecule has 120 valence electrons. The molecule has 0 aliphatic carbocycles. The van der Waals surface area contributed by atoms with Crippen LogP contribution in [0.1, 0.15) is 11.1 Å². The SMILES string of the molecule is Cc1cc(C)c2s/c(=N\S(=O)(=O)c3ccc(Cl)cc3)n(C)c2c1. The Morgan fingerprint density at radius 1 is 1.13 bits per heavy atom. The lowest BCUT2D eigenvalue weighted by Crippen LogP contribution is -2.13. The molecule has 0 aliphatic rings. The molecule has 3 aromatic rings. The third kappa shape index (κ3) is 3.06. The predicted molar refractivity (Wildman–Crippen MR) is 94.5 cm³/mol. The standard InChI is InChI=1S/C16H15ClN2O2S2/c1-10-8-11(2)15-14(9-10)19(3)16(22-15)18-23(20,21)13-6-4-12(17)5-7-13/h4-9H,1-3H3/b18-16-. The molecule has 0 spiro atoms. The molecule has 1 heterocycles. The van der Waals surface area contributed by atoms with E-state index in [2.05, 4.69) is 10.5 Å². The summed E-state index contributed by atoms with van der Waals surface area (Å²) in [5, 5.41) is 0.488. The number of sulfonamides is 1. The highest BCUT2D eigenvalue weighted by molar-refractivity contribution is 7.90. The molecule has 0 N–H and O–H groups in total. The van der Waals surface area contributed by atoms with Crippen molar-refractivity contribution in [2.24, 2.45) is 11.4 Å². The van der Waals surface area contributed by atoms with Gasteiger partial charge in [-0.25, -0.2) is 0 Å². The minimum absolute atomic E-state index is 0.132. The summed E-state index contributed by atoms with van der Waals surface area (Å²) in [6.45, 7) is 4.04. The highest BCUT2D eigenvalue weighted by Crippen LogP contribution is 2.23. The molecule has 0 fully saturated rings. The Bertz CT molecular complexity index is 1060. The van der Waals surface area contributed by atoms with Crippen LogP contribution in [0.4, 0.5) is 0 Å². The van der Waals surface area contributed by atoms with Gasteiger partial charge in [0, 0.05) is 12.1 Å². The number of aryl methyl sites for hydroxylation is 3. The van der Waals surface area contributed by atoms with Gasteiger partial charge in [0.05, 0.1) is 15.1 Å². The Morgan fingerprint density at radius 2 is 1.78 bits per heavy atom. The molecule has 0 unspecified atom stereocenters. The van der Waals surface area contributed by atoms with Crippen LogP contribution in [0.3, 0.4) is 0 Å². The summed E-state index contributed by atoms with van der Waals surface area (Å²) >= 11 is 7.18. The number of thiazole rings is 1. The van der Waals surface area contributed by atoms with Crippen LogP contribution in [0.2, 0.25) is 5.02 Å². The fourth-order valence-corrected chi connectivity index (χ4v) is 4.84. The number of benzene rings is 2. The monoisotopic (exact) mass is 366 g/mol. The molecule has 0 saturated carbocycles. The van der Waals surface area contributed by atoms with Gasteiger partial charge in [0.1, 0.15) is 0 Å². The summed E-state index contributed by atoms with van der Waals surface area (Å²) in [5.41, 5.74) is 3.24. The number of hydrogen-bond acceptors (Lipinski definition) is 3. The third-order valence-corrected chi connectivity index (χ3v) is 6.48. The second kappa shape index (κ2) is 5.78. The van der Waals surface area contributed by atoms with E-state index in [-0.39, 0.29) is 4.90 Å². The number of nitrogens with zero attached hydrogens (tertiary/aromatic N) is 2. The lowest BCUT2D eigenvalue weighted by atomic mass is 10.1. The summed E-state index contributed by atoms with van der Waals surface area (Å²) in [5.74, 6) is 0. The zero-order chi connectivity index (χ0) is 16.8. The van der Waals surface area contributed by atoms with Crippen molar-refractivity contribution < 1.29 is 8.42 Å². The molecule has 7 heteroatoms. The predicted octanol–water partition coefficient (Wildman–Crippen LogP) is 3.80. The first-order chi connectivity index (χ1) is 10.8. The highest BCUT2D eigenvalue weighted by Gasteiger charge is 2.14. The van der Waals surface area contributed by atoms with E-state index in [1.807, 2.05) is 31.5 Å². The van der Waals surface area contributed by atoms with Gasteiger partial charge in [0.25, 0.3) is 10.0 Å². The van der Waals surface area contributed by atoms with Gasteiger partial charge in [-0.2, -0.15) is 8.42 Å². The highest BCUT2D eigenvalue weighted by atomic mass is 35.5. The van der Waals surface area contributed by atoms with E-state index < -0.39 is 10.0 Å². The topological polar surface area (TPSA) is 51.4 Å². The second-order valence-corrected chi connectivity index (χ2v) is 8.41. The zero-order valence-electron chi connectivity index (χ0n) is 12.9. The largest absolute Gasteiger partial charge is 0.319 e. The van der Waals surface area contributed by atoms with Crippen LogP contribution in [-0.2, 0) is 17.1 Å². The van der Waals surface area contributed by atoms with E-state index in [0.717, 1.165) is 21.3 Å². The maximum absolute atomic E-state index is 12.5. The number of halogens is 1. The van der Waals surface area contributed by atoms with E-state index in [4.69, 9.17) is 11.6 Å². The van der Waals surface area contributed by atoms with Crippen LogP contribution in [0, 0.1) is 13.8 Å². The molecule has 0 atom stereocenters. The van der Waals surface area contributed by atoms with Crippen molar-refractivity contribution in [3.05, 3.63) is 57.3 Å². The molecule has 0 radical (unpaired) electrons. The summed E-state index contributed by atoms with van der Waals surface area (Å²) in [4.78, 5) is 0.580. The van der Waals surface area contributed by atoms with E-state index >= 15 is 0 Å². The molecular weight excluding hydrogens is 352 g/mol. The van der Waals surface area contributed by atoms with Crippen molar-refractivity contribution >= 4 is 43.2 Å². The Morgan fingerprint density at radius 3 is 2.43 bits per heavy atom. The molecule has 0 aliphatic heterocycles. The van der Waals surface area contributed by atoms with Crippen LogP contribution in [0.25, 0.3) is 10.2 Å². The van der Waals surface area contributed by atoms with Crippen LogP contribution in [0.5, 0.6) is 0 Å². The van der Waals surface area contributed by atoms with E-state index in [9.17, 15) is 8.42 Å². The summed E-state index contributed by atoms with van der Waals surface area (Å²) in [7, 11) is -1.94. The van der Waals surface area contributed by atoms with Gasteiger partial charge < -0.3 is 4.57 Å². The third-order valence-electron chi connectivity index (χ3n) is 3.55. The lowest BCUT2D eigenvalue weighted by Gasteiger charge is -2.00. The maximum Gasteiger partial charge on any atom is 0.285 e. The van der Waals surface area contributed by atoms with Crippen LogP contribution in [0.15, 0.2) is 45.7 Å². The number of fused-ring (bicyclic) bond motifs is 1. The van der Waals surface area contributed by atoms with Gasteiger partial charge in [-0.05, 0) is 55.3 Å². The number of rotatable bonds is 2. The molecule has 4 nitrogen and oxygen atoms in total. The quantitative estimate of drug-likeness (QED) is 0.692. The van der Waals surface area contributed by atoms with Crippen molar-refractivity contribution in [1.82, 2.24) is 4.57 Å².